The van der Waals surface area contributed by atoms with Crippen molar-refractivity contribution in [2.75, 3.05) is 7.11 Å². The SMILES string of the molecule is COc1ccc(-c2cnc(C#N)nc2)c(C(F)(F)F)c1. The standard InChI is InChI=1S/C13H8F3N3O/c1-20-9-2-3-10(11(4-9)13(14,15)16)8-6-18-12(5-17)19-7-8/h2-4,6-7H,1H3. The van der Waals surface area contributed by atoms with E-state index in [1.54, 1.807) is 6.07 Å². The molecule has 0 fully saturated rings. The third kappa shape index (κ3) is 2.69. The number of benzene rings is 1. The highest BCUT2D eigenvalue weighted by atomic mass is 19.4. The summed E-state index contributed by atoms with van der Waals surface area (Å²) >= 11 is 0. The van der Waals surface area contributed by atoms with Crippen molar-refractivity contribution >= 4 is 0 Å². The van der Waals surface area contributed by atoms with Crippen LogP contribution in [0.3, 0.4) is 0 Å². The van der Waals surface area contributed by atoms with Crippen molar-refractivity contribution in [2.24, 2.45) is 0 Å². The molecule has 1 aromatic heterocycles. The lowest BCUT2D eigenvalue weighted by Gasteiger charge is -2.14. The quantitative estimate of drug-likeness (QED) is 0.847. The number of aromatic nitrogens is 2. The zero-order chi connectivity index (χ0) is 14.8. The molecule has 0 aliphatic rings. The fourth-order valence-electron chi connectivity index (χ4n) is 1.66. The van der Waals surface area contributed by atoms with Gasteiger partial charge in [-0.25, -0.2) is 9.97 Å². The molecule has 4 nitrogen and oxygen atoms in total. The zero-order valence-corrected chi connectivity index (χ0v) is 10.3. The minimum atomic E-state index is -4.53. The molecule has 1 heterocycles. The lowest BCUT2D eigenvalue weighted by molar-refractivity contribution is -0.137. The van der Waals surface area contributed by atoms with Crippen molar-refractivity contribution < 1.29 is 17.9 Å². The van der Waals surface area contributed by atoms with E-state index in [9.17, 15) is 13.2 Å². The summed E-state index contributed by atoms with van der Waals surface area (Å²) in [6, 6.07) is 5.32. The number of nitriles is 1. The van der Waals surface area contributed by atoms with Gasteiger partial charge in [0.05, 0.1) is 12.7 Å². The van der Waals surface area contributed by atoms with E-state index in [1.165, 1.54) is 31.6 Å². The zero-order valence-electron chi connectivity index (χ0n) is 10.3. The van der Waals surface area contributed by atoms with Crippen LogP contribution in [-0.2, 0) is 6.18 Å². The molecule has 0 amide bonds. The van der Waals surface area contributed by atoms with Crippen LogP contribution in [0.25, 0.3) is 11.1 Å². The maximum atomic E-state index is 13.0. The smallest absolute Gasteiger partial charge is 0.417 e. The first kappa shape index (κ1) is 13.8. The van der Waals surface area contributed by atoms with Crippen LogP contribution in [0.5, 0.6) is 5.75 Å². The molecular formula is C13H8F3N3O. The Kier molecular flexibility index (Phi) is 3.57. The van der Waals surface area contributed by atoms with E-state index in [0.29, 0.717) is 0 Å². The van der Waals surface area contributed by atoms with Crippen LogP contribution in [0.15, 0.2) is 30.6 Å². The van der Waals surface area contributed by atoms with Gasteiger partial charge in [-0.2, -0.15) is 18.4 Å². The topological polar surface area (TPSA) is 58.8 Å². The maximum absolute atomic E-state index is 13.0. The number of nitrogens with zero attached hydrogens (tertiary/aromatic N) is 3. The molecule has 7 heteroatoms. The van der Waals surface area contributed by atoms with Crippen LogP contribution in [0.2, 0.25) is 0 Å². The number of alkyl halides is 3. The third-order valence-electron chi connectivity index (χ3n) is 2.59. The van der Waals surface area contributed by atoms with Gasteiger partial charge in [0.15, 0.2) is 0 Å². The normalized spacial score (nSPS) is 10.9. The largest absolute Gasteiger partial charge is 0.497 e. The molecule has 2 rings (SSSR count). The van der Waals surface area contributed by atoms with E-state index >= 15 is 0 Å². The Morgan fingerprint density at radius 3 is 2.35 bits per heavy atom. The Labute approximate surface area is 112 Å². The molecule has 0 saturated heterocycles. The third-order valence-corrected chi connectivity index (χ3v) is 2.59. The second-order valence-electron chi connectivity index (χ2n) is 3.82. The molecule has 0 saturated carbocycles. The first-order valence-electron chi connectivity index (χ1n) is 5.43. The fourth-order valence-corrected chi connectivity index (χ4v) is 1.66. The first-order chi connectivity index (χ1) is 9.45. The highest BCUT2D eigenvalue weighted by Crippen LogP contribution is 2.38. The van der Waals surface area contributed by atoms with E-state index in [-0.39, 0.29) is 22.7 Å². The lowest BCUT2D eigenvalue weighted by atomic mass is 10.0. The van der Waals surface area contributed by atoms with Crippen LogP contribution in [-0.4, -0.2) is 17.1 Å². The van der Waals surface area contributed by atoms with Crippen LogP contribution in [0.1, 0.15) is 11.4 Å². The first-order valence-corrected chi connectivity index (χ1v) is 5.43. The van der Waals surface area contributed by atoms with E-state index in [4.69, 9.17) is 10.00 Å². The number of hydrogen-bond donors (Lipinski definition) is 0. The van der Waals surface area contributed by atoms with Crippen molar-refractivity contribution in [3.8, 4) is 22.9 Å². The molecule has 0 radical (unpaired) electrons. The molecule has 20 heavy (non-hydrogen) atoms. The van der Waals surface area contributed by atoms with Crippen molar-refractivity contribution in [1.29, 1.82) is 5.26 Å². The number of ether oxygens (including phenoxy) is 1. The van der Waals surface area contributed by atoms with Gasteiger partial charge < -0.3 is 4.74 Å². The maximum Gasteiger partial charge on any atom is 0.417 e. The van der Waals surface area contributed by atoms with Gasteiger partial charge in [-0.1, -0.05) is 0 Å². The van der Waals surface area contributed by atoms with Gasteiger partial charge in [-0.15, -0.1) is 0 Å². The fraction of sp³-hybridized carbons (Fsp3) is 0.154. The highest BCUT2D eigenvalue weighted by Gasteiger charge is 2.34. The number of halogens is 3. The summed E-state index contributed by atoms with van der Waals surface area (Å²) in [4.78, 5) is 7.34. The Morgan fingerprint density at radius 1 is 1.20 bits per heavy atom. The lowest BCUT2D eigenvalue weighted by Crippen LogP contribution is -2.08. The summed E-state index contributed by atoms with van der Waals surface area (Å²) in [7, 11) is 1.29. The summed E-state index contributed by atoms with van der Waals surface area (Å²) < 4.78 is 43.9. The number of methoxy groups -OCH3 is 1. The minimum Gasteiger partial charge on any atom is -0.497 e. The molecular weight excluding hydrogens is 271 g/mol. The van der Waals surface area contributed by atoms with Gasteiger partial charge >= 0.3 is 6.18 Å². The van der Waals surface area contributed by atoms with Gasteiger partial charge in [0.25, 0.3) is 0 Å². The number of hydrogen-bond acceptors (Lipinski definition) is 4. The van der Waals surface area contributed by atoms with Crippen molar-refractivity contribution in [3.05, 3.63) is 42.0 Å². The predicted octanol–water partition coefficient (Wildman–Crippen LogP) is 3.04. The molecule has 0 aliphatic carbocycles. The molecule has 0 spiro atoms. The van der Waals surface area contributed by atoms with Gasteiger partial charge in [0.1, 0.15) is 11.8 Å². The Hall–Kier alpha value is -2.62. The van der Waals surface area contributed by atoms with E-state index in [0.717, 1.165) is 6.07 Å². The molecule has 0 atom stereocenters. The van der Waals surface area contributed by atoms with E-state index in [2.05, 4.69) is 9.97 Å². The van der Waals surface area contributed by atoms with Crippen LogP contribution in [0.4, 0.5) is 13.2 Å². The Balaban J connectivity index is 2.58. The molecule has 0 bridgehead atoms. The second kappa shape index (κ2) is 5.17. The van der Waals surface area contributed by atoms with Crippen LogP contribution < -0.4 is 4.74 Å². The Morgan fingerprint density at radius 2 is 1.85 bits per heavy atom. The Bertz CT molecular complexity index is 660. The molecule has 0 N–H and O–H groups in total. The summed E-state index contributed by atoms with van der Waals surface area (Å²) in [5, 5.41) is 8.58. The van der Waals surface area contributed by atoms with Crippen molar-refractivity contribution in [2.45, 2.75) is 6.18 Å². The summed E-state index contributed by atoms with van der Waals surface area (Å²) in [6.07, 6.45) is -2.16. The van der Waals surface area contributed by atoms with E-state index in [1.807, 2.05) is 0 Å². The summed E-state index contributed by atoms with van der Waals surface area (Å²) in [5.41, 5.74) is -0.730. The molecule has 2 aromatic rings. The van der Waals surface area contributed by atoms with Crippen molar-refractivity contribution in [3.63, 3.8) is 0 Å². The van der Waals surface area contributed by atoms with Gasteiger partial charge in [0.2, 0.25) is 5.82 Å². The average molecular weight is 279 g/mol. The summed E-state index contributed by atoms with van der Waals surface area (Å²) in [6.45, 7) is 0. The van der Waals surface area contributed by atoms with Crippen molar-refractivity contribution in [1.82, 2.24) is 9.97 Å². The van der Waals surface area contributed by atoms with E-state index < -0.39 is 11.7 Å². The molecule has 0 aliphatic heterocycles. The highest BCUT2D eigenvalue weighted by molar-refractivity contribution is 5.67. The van der Waals surface area contributed by atoms with Gasteiger partial charge in [-0.3, -0.25) is 0 Å². The molecule has 0 unspecified atom stereocenters. The minimum absolute atomic E-state index is 0.0669. The van der Waals surface area contributed by atoms with Gasteiger partial charge in [0, 0.05) is 18.0 Å². The second-order valence-corrected chi connectivity index (χ2v) is 3.82. The van der Waals surface area contributed by atoms with Crippen LogP contribution in [0, 0.1) is 11.3 Å². The van der Waals surface area contributed by atoms with Crippen LogP contribution >= 0.6 is 0 Å². The molecule has 1 aromatic carbocycles. The summed E-state index contributed by atoms with van der Waals surface area (Å²) in [5.74, 6) is 0.00598. The molecule has 102 valence electrons. The average Bonchev–Trinajstić information content (AvgIpc) is 2.46. The predicted molar refractivity (Wildman–Crippen MR) is 63.7 cm³/mol. The number of rotatable bonds is 2. The van der Waals surface area contributed by atoms with Gasteiger partial charge in [-0.05, 0) is 23.8 Å². The monoisotopic (exact) mass is 279 g/mol.